The van der Waals surface area contributed by atoms with Gasteiger partial charge in [-0.25, -0.2) is 13.1 Å². The first-order valence-corrected chi connectivity index (χ1v) is 11.2. The fourth-order valence-corrected chi connectivity index (χ4v) is 5.20. The van der Waals surface area contributed by atoms with E-state index in [9.17, 15) is 8.42 Å². The van der Waals surface area contributed by atoms with Gasteiger partial charge in [-0.1, -0.05) is 35.9 Å². The molecule has 0 atom stereocenters. The number of nitrogens with zero attached hydrogens (tertiary/aromatic N) is 2. The van der Waals surface area contributed by atoms with Crippen molar-refractivity contribution < 1.29 is 8.42 Å². The van der Waals surface area contributed by atoms with Crippen molar-refractivity contribution >= 4 is 32.5 Å². The lowest BCUT2D eigenvalue weighted by Gasteiger charge is -2.32. The lowest BCUT2D eigenvalue weighted by atomic mass is 10.0. The summed E-state index contributed by atoms with van der Waals surface area (Å²) in [6.07, 6.45) is 3.35. The van der Waals surface area contributed by atoms with Crippen LogP contribution in [0.15, 0.2) is 65.7 Å². The van der Waals surface area contributed by atoms with Crippen LogP contribution < -0.4 is 4.72 Å². The van der Waals surface area contributed by atoms with Crippen molar-refractivity contribution in [3.05, 3.63) is 71.4 Å². The molecular weight excluding hydrogens is 394 g/mol. The number of nitrogens with one attached hydrogen (secondary N) is 1. The van der Waals surface area contributed by atoms with E-state index in [0.29, 0.717) is 9.92 Å². The average Bonchev–Trinajstić information content (AvgIpc) is 2.72. The SMILES string of the molecule is O=S(=O)(NC1CCN(Cc2ccc(Cl)c3cccnc23)CC1)c1ccccc1. The van der Waals surface area contributed by atoms with Gasteiger partial charge in [0.05, 0.1) is 10.4 Å². The quantitative estimate of drug-likeness (QED) is 0.687. The van der Waals surface area contributed by atoms with Crippen LogP contribution in [0.2, 0.25) is 5.02 Å². The van der Waals surface area contributed by atoms with E-state index in [0.717, 1.165) is 48.9 Å². The highest BCUT2D eigenvalue weighted by atomic mass is 35.5. The molecule has 0 aliphatic carbocycles. The number of hydrogen-bond donors (Lipinski definition) is 1. The van der Waals surface area contributed by atoms with Gasteiger partial charge in [-0.3, -0.25) is 9.88 Å². The summed E-state index contributed by atoms with van der Waals surface area (Å²) in [6, 6.07) is 16.3. The summed E-state index contributed by atoms with van der Waals surface area (Å²) in [4.78, 5) is 7.16. The summed E-state index contributed by atoms with van der Waals surface area (Å²) in [6.45, 7) is 2.45. The normalized spacial score (nSPS) is 16.5. The Bertz CT molecular complexity index is 1070. The average molecular weight is 416 g/mol. The molecule has 0 amide bonds. The van der Waals surface area contributed by atoms with Crippen molar-refractivity contribution in [3.8, 4) is 0 Å². The molecule has 1 saturated heterocycles. The van der Waals surface area contributed by atoms with Gasteiger partial charge in [0.2, 0.25) is 10.0 Å². The summed E-state index contributed by atoms with van der Waals surface area (Å²) < 4.78 is 27.9. The number of benzene rings is 2. The van der Waals surface area contributed by atoms with Crippen molar-refractivity contribution in [2.75, 3.05) is 13.1 Å². The smallest absolute Gasteiger partial charge is 0.240 e. The lowest BCUT2D eigenvalue weighted by molar-refractivity contribution is 0.200. The second-order valence-electron chi connectivity index (χ2n) is 7.09. The minimum Gasteiger partial charge on any atom is -0.299 e. The molecule has 0 spiro atoms. The highest BCUT2D eigenvalue weighted by Crippen LogP contribution is 2.26. The number of sulfonamides is 1. The fraction of sp³-hybridized carbons (Fsp3) is 0.286. The van der Waals surface area contributed by atoms with Crippen LogP contribution in [0.5, 0.6) is 0 Å². The van der Waals surface area contributed by atoms with Crippen molar-refractivity contribution in [2.24, 2.45) is 0 Å². The van der Waals surface area contributed by atoms with Crippen LogP contribution in [0.25, 0.3) is 10.9 Å². The van der Waals surface area contributed by atoms with E-state index in [1.54, 1.807) is 30.5 Å². The Hall–Kier alpha value is -1.99. The molecule has 1 aromatic heterocycles. The van der Waals surface area contributed by atoms with Gasteiger partial charge in [0.1, 0.15) is 0 Å². The number of hydrogen-bond acceptors (Lipinski definition) is 4. The molecule has 0 radical (unpaired) electrons. The molecule has 28 heavy (non-hydrogen) atoms. The Morgan fingerprint density at radius 1 is 1.04 bits per heavy atom. The van der Waals surface area contributed by atoms with Gasteiger partial charge in [0.15, 0.2) is 0 Å². The number of likely N-dealkylation sites (tertiary alicyclic amines) is 1. The first-order chi connectivity index (χ1) is 13.5. The Morgan fingerprint density at radius 2 is 1.79 bits per heavy atom. The molecule has 146 valence electrons. The number of aromatic nitrogens is 1. The summed E-state index contributed by atoms with van der Waals surface area (Å²) in [5.74, 6) is 0. The van der Waals surface area contributed by atoms with Crippen LogP contribution in [-0.2, 0) is 16.6 Å². The molecule has 2 aromatic carbocycles. The van der Waals surface area contributed by atoms with Gasteiger partial charge in [0, 0.05) is 42.3 Å². The van der Waals surface area contributed by atoms with Crippen molar-refractivity contribution in [1.82, 2.24) is 14.6 Å². The van der Waals surface area contributed by atoms with Gasteiger partial charge < -0.3 is 0 Å². The van der Waals surface area contributed by atoms with Crippen molar-refractivity contribution in [3.63, 3.8) is 0 Å². The molecule has 0 unspecified atom stereocenters. The van der Waals surface area contributed by atoms with Crippen LogP contribution in [0.4, 0.5) is 0 Å². The maximum Gasteiger partial charge on any atom is 0.240 e. The van der Waals surface area contributed by atoms with Gasteiger partial charge in [-0.15, -0.1) is 0 Å². The van der Waals surface area contributed by atoms with Crippen LogP contribution in [-0.4, -0.2) is 37.4 Å². The zero-order chi connectivity index (χ0) is 19.6. The maximum absolute atomic E-state index is 12.5. The molecule has 1 aliphatic rings. The molecule has 1 aliphatic heterocycles. The number of rotatable bonds is 5. The minimum atomic E-state index is -3.46. The van der Waals surface area contributed by atoms with E-state index < -0.39 is 10.0 Å². The molecule has 0 bridgehead atoms. The molecule has 5 nitrogen and oxygen atoms in total. The zero-order valence-electron chi connectivity index (χ0n) is 15.4. The molecule has 3 aromatic rings. The maximum atomic E-state index is 12.5. The fourth-order valence-electron chi connectivity index (χ4n) is 3.66. The second-order valence-corrected chi connectivity index (χ2v) is 9.21. The van der Waals surface area contributed by atoms with Crippen molar-refractivity contribution in [1.29, 1.82) is 0 Å². The van der Waals surface area contributed by atoms with E-state index in [1.807, 2.05) is 30.3 Å². The second kappa shape index (κ2) is 8.17. The molecule has 1 N–H and O–H groups in total. The Morgan fingerprint density at radius 3 is 2.54 bits per heavy atom. The first-order valence-electron chi connectivity index (χ1n) is 9.35. The molecule has 2 heterocycles. The third-order valence-electron chi connectivity index (χ3n) is 5.16. The third-order valence-corrected chi connectivity index (χ3v) is 7.02. The predicted octanol–water partition coefficient (Wildman–Crippen LogP) is 3.83. The third kappa shape index (κ3) is 4.20. The largest absolute Gasteiger partial charge is 0.299 e. The van der Waals surface area contributed by atoms with Gasteiger partial charge >= 0.3 is 0 Å². The van der Waals surface area contributed by atoms with Crippen LogP contribution in [0.1, 0.15) is 18.4 Å². The molecule has 0 saturated carbocycles. The molecule has 7 heteroatoms. The lowest BCUT2D eigenvalue weighted by Crippen LogP contribution is -2.44. The molecular formula is C21H22ClN3O2S. The number of pyridine rings is 1. The van der Waals surface area contributed by atoms with E-state index in [-0.39, 0.29) is 6.04 Å². The number of piperidine rings is 1. The number of fused-ring (bicyclic) bond motifs is 1. The van der Waals surface area contributed by atoms with Crippen LogP contribution in [0, 0.1) is 0 Å². The minimum absolute atomic E-state index is 0.0402. The first kappa shape index (κ1) is 19.3. The Balaban J connectivity index is 1.40. The van der Waals surface area contributed by atoms with Gasteiger partial charge in [-0.05, 0) is 48.7 Å². The highest BCUT2D eigenvalue weighted by molar-refractivity contribution is 7.89. The van der Waals surface area contributed by atoms with Crippen LogP contribution >= 0.6 is 11.6 Å². The summed E-state index contributed by atoms with van der Waals surface area (Å²) >= 11 is 6.28. The van der Waals surface area contributed by atoms with E-state index >= 15 is 0 Å². The summed E-state index contributed by atoms with van der Waals surface area (Å²) in [5.41, 5.74) is 2.07. The van der Waals surface area contributed by atoms with Crippen molar-refractivity contribution in [2.45, 2.75) is 30.3 Å². The van der Waals surface area contributed by atoms with Crippen LogP contribution in [0.3, 0.4) is 0 Å². The summed E-state index contributed by atoms with van der Waals surface area (Å²) in [5, 5.41) is 1.67. The standard InChI is InChI=1S/C21H22ClN3O2S/c22-20-9-8-16(21-19(20)7-4-12-23-21)15-25-13-10-17(11-14-25)24-28(26,27)18-5-2-1-3-6-18/h1-9,12,17,24H,10-11,13-15H2. The zero-order valence-corrected chi connectivity index (χ0v) is 17.0. The Kier molecular flexibility index (Phi) is 5.64. The molecule has 1 fully saturated rings. The molecule has 4 rings (SSSR count). The van der Waals surface area contributed by atoms with E-state index in [1.165, 1.54) is 0 Å². The highest BCUT2D eigenvalue weighted by Gasteiger charge is 2.25. The Labute approximate surface area is 170 Å². The summed E-state index contributed by atoms with van der Waals surface area (Å²) in [7, 11) is -3.46. The predicted molar refractivity (Wildman–Crippen MR) is 112 cm³/mol. The van der Waals surface area contributed by atoms with Gasteiger partial charge in [-0.2, -0.15) is 0 Å². The van der Waals surface area contributed by atoms with Gasteiger partial charge in [0.25, 0.3) is 0 Å². The topological polar surface area (TPSA) is 62.3 Å². The van der Waals surface area contributed by atoms with E-state index in [4.69, 9.17) is 11.6 Å². The monoisotopic (exact) mass is 415 g/mol. The number of halogens is 1. The van der Waals surface area contributed by atoms with E-state index in [2.05, 4.69) is 14.6 Å².